The molecule has 1 amide bonds. The molecule has 7 nitrogen and oxygen atoms in total. The monoisotopic (exact) mass is 376 g/mol. The van der Waals surface area contributed by atoms with Crippen molar-refractivity contribution in [3.63, 3.8) is 0 Å². The molecule has 1 fully saturated rings. The summed E-state index contributed by atoms with van der Waals surface area (Å²) in [5.74, 6) is 0.746. The molecule has 0 spiro atoms. The van der Waals surface area contributed by atoms with Crippen LogP contribution in [0.1, 0.15) is 26.0 Å². The summed E-state index contributed by atoms with van der Waals surface area (Å²) in [6.07, 6.45) is 2.25. The molecule has 1 aliphatic rings. The average molecular weight is 376 g/mol. The molecule has 8 heteroatoms. The highest BCUT2D eigenvalue weighted by atomic mass is 32.1. The molecule has 1 aliphatic heterocycles. The Morgan fingerprint density at radius 2 is 2.08 bits per heavy atom. The van der Waals surface area contributed by atoms with Gasteiger partial charge in [0.25, 0.3) is 0 Å². The van der Waals surface area contributed by atoms with Gasteiger partial charge in [-0.1, -0.05) is 11.3 Å². The van der Waals surface area contributed by atoms with Crippen molar-refractivity contribution in [3.05, 3.63) is 39.1 Å². The van der Waals surface area contributed by atoms with Crippen LogP contribution < -0.4 is 15.1 Å². The van der Waals surface area contributed by atoms with Crippen LogP contribution in [0.2, 0.25) is 0 Å². The smallest absolute Gasteiger partial charge is 0.307 e. The van der Waals surface area contributed by atoms with Crippen molar-refractivity contribution >= 4 is 28.7 Å². The molecule has 3 heterocycles. The van der Waals surface area contributed by atoms with Gasteiger partial charge in [0.15, 0.2) is 0 Å². The van der Waals surface area contributed by atoms with Gasteiger partial charge in [-0.25, -0.2) is 4.98 Å². The molecule has 3 rings (SSSR count). The molecule has 2 atom stereocenters. The first-order chi connectivity index (χ1) is 12.4. The van der Waals surface area contributed by atoms with Crippen molar-refractivity contribution < 1.29 is 9.53 Å². The van der Waals surface area contributed by atoms with Crippen LogP contribution in [0.25, 0.3) is 0 Å². The van der Waals surface area contributed by atoms with Crippen molar-refractivity contribution in [2.45, 2.75) is 45.9 Å². The van der Waals surface area contributed by atoms with Gasteiger partial charge < -0.3 is 19.5 Å². The van der Waals surface area contributed by atoms with Gasteiger partial charge in [-0.2, -0.15) is 0 Å². The predicted molar refractivity (Wildman–Crippen MR) is 103 cm³/mol. The summed E-state index contributed by atoms with van der Waals surface area (Å²) in [5, 5.41) is 4.64. The quantitative estimate of drug-likeness (QED) is 0.866. The summed E-state index contributed by atoms with van der Waals surface area (Å²) in [7, 11) is 0. The lowest BCUT2D eigenvalue weighted by molar-refractivity contribution is -0.116. The van der Waals surface area contributed by atoms with Crippen LogP contribution in [0.5, 0.6) is 0 Å². The summed E-state index contributed by atoms with van der Waals surface area (Å²) in [6.45, 7) is 7.96. The lowest BCUT2D eigenvalue weighted by Gasteiger charge is -2.36. The number of nitrogens with one attached hydrogen (secondary N) is 1. The van der Waals surface area contributed by atoms with Crippen LogP contribution in [-0.4, -0.2) is 40.8 Å². The van der Waals surface area contributed by atoms with Crippen LogP contribution in [-0.2, 0) is 16.1 Å². The number of carbonyl (C=O) groups is 1. The number of nitrogens with zero attached hydrogens (tertiary/aromatic N) is 3. The predicted octanol–water partition coefficient (Wildman–Crippen LogP) is 2.26. The average Bonchev–Trinajstić information content (AvgIpc) is 2.91. The number of hydrogen-bond donors (Lipinski definition) is 1. The highest BCUT2D eigenvalue weighted by molar-refractivity contribution is 7.07. The number of thiazole rings is 1. The number of ether oxygens (including phenoxy) is 1. The standard InChI is InChI=1S/C18H24N4O3S/c1-12-11-26-18(24)22(12)7-6-17(23)20-15-4-5-16(19-8-15)21-9-13(2)25-14(3)10-21/h4-5,8,11,13-14H,6-7,9-10H2,1-3H3,(H,20,23)/t13-,14-/m0/s1. The van der Waals surface area contributed by atoms with Crippen molar-refractivity contribution in [2.24, 2.45) is 0 Å². The SMILES string of the molecule is Cc1csc(=O)n1CCC(=O)Nc1ccc(N2C[C@H](C)O[C@@H](C)C2)nc1. The Morgan fingerprint density at radius 1 is 1.35 bits per heavy atom. The van der Waals surface area contributed by atoms with Gasteiger partial charge in [0.05, 0.1) is 24.1 Å². The maximum Gasteiger partial charge on any atom is 0.307 e. The van der Waals surface area contributed by atoms with Gasteiger partial charge in [0, 0.05) is 37.1 Å². The first-order valence-corrected chi connectivity index (χ1v) is 9.61. The number of aromatic nitrogens is 2. The Kier molecular flexibility index (Phi) is 5.73. The molecular formula is C18H24N4O3S. The van der Waals surface area contributed by atoms with E-state index in [1.165, 1.54) is 0 Å². The van der Waals surface area contributed by atoms with Gasteiger partial charge in [0.1, 0.15) is 5.82 Å². The normalized spacial score (nSPS) is 20.2. The van der Waals surface area contributed by atoms with Gasteiger partial charge >= 0.3 is 4.87 Å². The zero-order valence-electron chi connectivity index (χ0n) is 15.3. The molecule has 0 aromatic carbocycles. The van der Waals surface area contributed by atoms with Crippen molar-refractivity contribution in [1.82, 2.24) is 9.55 Å². The lowest BCUT2D eigenvalue weighted by atomic mass is 10.2. The van der Waals surface area contributed by atoms with E-state index < -0.39 is 0 Å². The Morgan fingerprint density at radius 3 is 2.65 bits per heavy atom. The maximum atomic E-state index is 12.1. The Labute approximate surface area is 156 Å². The fraction of sp³-hybridized carbons (Fsp3) is 0.500. The molecule has 1 saturated heterocycles. The van der Waals surface area contributed by atoms with E-state index in [2.05, 4.69) is 29.0 Å². The molecule has 0 saturated carbocycles. The second-order valence-corrected chi connectivity index (χ2v) is 7.48. The van der Waals surface area contributed by atoms with E-state index in [0.29, 0.717) is 12.2 Å². The molecule has 0 unspecified atom stereocenters. The van der Waals surface area contributed by atoms with Crippen molar-refractivity contribution in [1.29, 1.82) is 0 Å². The summed E-state index contributed by atoms with van der Waals surface area (Å²) in [6, 6.07) is 3.76. The van der Waals surface area contributed by atoms with E-state index >= 15 is 0 Å². The number of hydrogen-bond acceptors (Lipinski definition) is 6. The fourth-order valence-corrected chi connectivity index (χ4v) is 3.88. The number of rotatable bonds is 5. The summed E-state index contributed by atoms with van der Waals surface area (Å²) < 4.78 is 7.36. The van der Waals surface area contributed by atoms with Crippen LogP contribution in [0.15, 0.2) is 28.5 Å². The van der Waals surface area contributed by atoms with E-state index in [1.807, 2.05) is 19.1 Å². The van der Waals surface area contributed by atoms with Crippen molar-refractivity contribution in [3.8, 4) is 0 Å². The number of anilines is 2. The molecule has 2 aromatic rings. The van der Waals surface area contributed by atoms with E-state index in [0.717, 1.165) is 35.9 Å². The van der Waals surface area contributed by atoms with E-state index in [1.54, 1.807) is 16.1 Å². The minimum absolute atomic E-state index is 0.0321. The van der Waals surface area contributed by atoms with Gasteiger partial charge in [-0.3, -0.25) is 9.59 Å². The fourth-order valence-electron chi connectivity index (χ4n) is 3.12. The second kappa shape index (κ2) is 8.01. The zero-order valence-corrected chi connectivity index (χ0v) is 16.1. The molecule has 0 bridgehead atoms. The number of carbonyl (C=O) groups excluding carboxylic acids is 1. The summed E-state index contributed by atoms with van der Waals surface area (Å²) in [4.78, 5) is 30.4. The first kappa shape index (κ1) is 18.6. The molecule has 1 N–H and O–H groups in total. The summed E-state index contributed by atoms with van der Waals surface area (Å²) >= 11 is 1.15. The molecule has 140 valence electrons. The minimum atomic E-state index is -0.134. The van der Waals surface area contributed by atoms with E-state index in [-0.39, 0.29) is 29.4 Å². The second-order valence-electron chi connectivity index (χ2n) is 6.66. The number of morpholine rings is 1. The Hall–Kier alpha value is -2.19. The van der Waals surface area contributed by atoms with Crippen LogP contribution in [0.3, 0.4) is 0 Å². The number of aryl methyl sites for hydroxylation is 1. The topological polar surface area (TPSA) is 76.5 Å². The highest BCUT2D eigenvalue weighted by Gasteiger charge is 2.23. The third kappa shape index (κ3) is 4.50. The van der Waals surface area contributed by atoms with Crippen LogP contribution >= 0.6 is 11.3 Å². The van der Waals surface area contributed by atoms with E-state index in [4.69, 9.17) is 4.74 Å². The molecule has 0 aliphatic carbocycles. The third-order valence-corrected chi connectivity index (χ3v) is 5.20. The Balaban J connectivity index is 1.55. The maximum absolute atomic E-state index is 12.1. The molecule has 2 aromatic heterocycles. The zero-order chi connectivity index (χ0) is 18.7. The summed E-state index contributed by atoms with van der Waals surface area (Å²) in [5.41, 5.74) is 1.54. The number of amides is 1. The molecule has 26 heavy (non-hydrogen) atoms. The number of pyridine rings is 1. The van der Waals surface area contributed by atoms with Gasteiger partial charge in [0.2, 0.25) is 5.91 Å². The highest BCUT2D eigenvalue weighted by Crippen LogP contribution is 2.19. The van der Waals surface area contributed by atoms with Crippen molar-refractivity contribution in [2.75, 3.05) is 23.3 Å². The molecule has 0 radical (unpaired) electrons. The Bertz CT molecular complexity index is 805. The largest absolute Gasteiger partial charge is 0.372 e. The molecular weight excluding hydrogens is 352 g/mol. The van der Waals surface area contributed by atoms with Gasteiger partial charge in [-0.05, 0) is 32.9 Å². The third-order valence-electron chi connectivity index (χ3n) is 4.31. The van der Waals surface area contributed by atoms with Crippen LogP contribution in [0, 0.1) is 6.92 Å². The van der Waals surface area contributed by atoms with E-state index in [9.17, 15) is 9.59 Å². The minimum Gasteiger partial charge on any atom is -0.372 e. The lowest BCUT2D eigenvalue weighted by Crippen LogP contribution is -2.45. The van der Waals surface area contributed by atoms with Gasteiger partial charge in [-0.15, -0.1) is 0 Å². The van der Waals surface area contributed by atoms with Crippen LogP contribution in [0.4, 0.5) is 11.5 Å². The first-order valence-electron chi connectivity index (χ1n) is 8.73.